The number of aromatic amines is 1. The van der Waals surface area contributed by atoms with Crippen molar-refractivity contribution in [1.29, 1.82) is 0 Å². The van der Waals surface area contributed by atoms with Gasteiger partial charge in [-0.05, 0) is 13.1 Å². The summed E-state index contributed by atoms with van der Waals surface area (Å²) in [4.78, 5) is 40.5. The van der Waals surface area contributed by atoms with Crippen LogP contribution < -0.4 is 10.2 Å². The number of nitrogens with zero attached hydrogens (tertiary/aromatic N) is 4. The van der Waals surface area contributed by atoms with Gasteiger partial charge in [0.2, 0.25) is 5.95 Å². The van der Waals surface area contributed by atoms with E-state index in [0.717, 1.165) is 0 Å². The predicted octanol–water partition coefficient (Wildman–Crippen LogP) is 2.30. The summed E-state index contributed by atoms with van der Waals surface area (Å²) in [5.74, 6) is -1.61. The van der Waals surface area contributed by atoms with Crippen LogP contribution in [0.25, 0.3) is 22.0 Å². The third kappa shape index (κ3) is 3.63. The van der Waals surface area contributed by atoms with E-state index in [1.807, 2.05) is 7.05 Å². The lowest BCUT2D eigenvalue weighted by Crippen LogP contribution is -2.45. The van der Waals surface area contributed by atoms with Crippen LogP contribution in [0.5, 0.6) is 0 Å². The number of likely N-dealkylation sites (N-methyl/N-ethyl adjacent to an activating group) is 1. The fourth-order valence-electron chi connectivity index (χ4n) is 4.15. The van der Waals surface area contributed by atoms with Gasteiger partial charge in [-0.2, -0.15) is 13.2 Å². The molecule has 11 heteroatoms. The summed E-state index contributed by atoms with van der Waals surface area (Å²) in [6, 6.07) is 7.02. The number of imide groups is 1. The van der Waals surface area contributed by atoms with E-state index in [1.165, 1.54) is 6.20 Å². The third-order valence-corrected chi connectivity index (χ3v) is 5.89. The Morgan fingerprint density at radius 3 is 2.42 bits per heavy atom. The quantitative estimate of drug-likeness (QED) is 0.588. The molecule has 0 bridgehead atoms. The van der Waals surface area contributed by atoms with E-state index >= 15 is 0 Å². The molecular weight excluding hydrogens is 437 g/mol. The molecule has 3 aromatic rings. The van der Waals surface area contributed by atoms with Crippen LogP contribution in [-0.4, -0.2) is 64.9 Å². The van der Waals surface area contributed by atoms with Crippen LogP contribution in [0.4, 0.5) is 19.1 Å². The Labute approximate surface area is 186 Å². The molecule has 0 spiro atoms. The molecule has 2 aliphatic rings. The first kappa shape index (κ1) is 21.1. The Hall–Kier alpha value is -3.73. The van der Waals surface area contributed by atoms with Crippen molar-refractivity contribution < 1.29 is 22.8 Å². The molecule has 0 unspecified atom stereocenters. The number of hydrogen-bond donors (Lipinski definition) is 2. The summed E-state index contributed by atoms with van der Waals surface area (Å²) in [6.07, 6.45) is -2.62. The Morgan fingerprint density at radius 1 is 1.00 bits per heavy atom. The second-order valence-electron chi connectivity index (χ2n) is 8.00. The van der Waals surface area contributed by atoms with Crippen LogP contribution in [0, 0.1) is 0 Å². The summed E-state index contributed by atoms with van der Waals surface area (Å²) in [6.45, 7) is 2.45. The Balaban J connectivity index is 1.73. The summed E-state index contributed by atoms with van der Waals surface area (Å²) in [5, 5.41) is 2.75. The van der Waals surface area contributed by atoms with Gasteiger partial charge < -0.3 is 14.8 Å². The highest BCUT2D eigenvalue weighted by Crippen LogP contribution is 2.40. The lowest BCUT2D eigenvalue weighted by atomic mass is 9.97. The molecule has 2 aliphatic heterocycles. The molecule has 33 heavy (non-hydrogen) atoms. The van der Waals surface area contributed by atoms with Crippen LogP contribution in [0.2, 0.25) is 0 Å². The minimum atomic E-state index is -4.82. The molecule has 0 atom stereocenters. The van der Waals surface area contributed by atoms with Gasteiger partial charge in [-0.3, -0.25) is 14.9 Å². The zero-order valence-corrected chi connectivity index (χ0v) is 17.5. The first-order valence-corrected chi connectivity index (χ1v) is 10.3. The standard InChI is InChI=1S/C22H19F3N6O2/c1-30-6-8-31(9-7-30)21-27-11-14(22(23,24)25)18(28-21)17-16(19(32)29-20(17)33)13-10-26-15-5-3-2-4-12(13)15/h2-5,10-11,26H,6-9H2,1H3,(H,29,32,33). The number of para-hydroxylation sites is 1. The number of aromatic nitrogens is 3. The average Bonchev–Trinajstić information content (AvgIpc) is 3.32. The molecule has 0 radical (unpaired) electrons. The second-order valence-corrected chi connectivity index (χ2v) is 8.00. The molecule has 1 fully saturated rings. The Kier molecular flexibility index (Phi) is 4.93. The van der Waals surface area contributed by atoms with Crippen molar-refractivity contribution in [3.8, 4) is 0 Å². The van der Waals surface area contributed by atoms with Gasteiger partial charge in [-0.15, -0.1) is 0 Å². The van der Waals surface area contributed by atoms with Crippen molar-refractivity contribution in [3.63, 3.8) is 0 Å². The third-order valence-electron chi connectivity index (χ3n) is 5.89. The van der Waals surface area contributed by atoms with E-state index in [0.29, 0.717) is 48.8 Å². The number of fused-ring (bicyclic) bond motifs is 1. The maximum absolute atomic E-state index is 13.9. The average molecular weight is 456 g/mol. The van der Waals surface area contributed by atoms with Gasteiger partial charge in [0.15, 0.2) is 0 Å². The number of H-pyrrole nitrogens is 1. The van der Waals surface area contributed by atoms with Crippen LogP contribution in [0.3, 0.4) is 0 Å². The lowest BCUT2D eigenvalue weighted by Gasteiger charge is -2.32. The second kappa shape index (κ2) is 7.69. The zero-order chi connectivity index (χ0) is 23.3. The first-order chi connectivity index (χ1) is 15.7. The molecule has 1 aromatic carbocycles. The van der Waals surface area contributed by atoms with E-state index in [-0.39, 0.29) is 11.5 Å². The van der Waals surface area contributed by atoms with Crippen LogP contribution in [0.1, 0.15) is 16.8 Å². The Bertz CT molecular complexity index is 1300. The topological polar surface area (TPSA) is 94.2 Å². The highest BCUT2D eigenvalue weighted by atomic mass is 19.4. The highest BCUT2D eigenvalue weighted by Gasteiger charge is 2.42. The minimum absolute atomic E-state index is 0.0871. The number of benzene rings is 1. The molecule has 2 N–H and O–H groups in total. The van der Waals surface area contributed by atoms with Crippen LogP contribution >= 0.6 is 0 Å². The zero-order valence-electron chi connectivity index (χ0n) is 17.5. The van der Waals surface area contributed by atoms with Crippen molar-refractivity contribution in [1.82, 2.24) is 25.2 Å². The highest BCUT2D eigenvalue weighted by molar-refractivity contribution is 6.50. The van der Waals surface area contributed by atoms with Gasteiger partial charge in [0, 0.05) is 55.0 Å². The van der Waals surface area contributed by atoms with Gasteiger partial charge in [0.25, 0.3) is 11.8 Å². The lowest BCUT2D eigenvalue weighted by molar-refractivity contribution is -0.138. The van der Waals surface area contributed by atoms with E-state index in [1.54, 1.807) is 29.2 Å². The fourth-order valence-corrected chi connectivity index (χ4v) is 4.15. The van der Waals surface area contributed by atoms with Crippen LogP contribution in [-0.2, 0) is 15.8 Å². The normalized spacial score (nSPS) is 17.9. The number of amides is 2. The number of carbonyl (C=O) groups is 2. The largest absolute Gasteiger partial charge is 0.420 e. The summed E-state index contributed by atoms with van der Waals surface area (Å²) >= 11 is 0. The van der Waals surface area contributed by atoms with Gasteiger partial charge >= 0.3 is 6.18 Å². The van der Waals surface area contributed by atoms with E-state index in [4.69, 9.17) is 0 Å². The summed E-state index contributed by atoms with van der Waals surface area (Å²) in [7, 11) is 1.95. The van der Waals surface area contributed by atoms with Gasteiger partial charge in [0.1, 0.15) is 5.56 Å². The molecule has 0 aliphatic carbocycles. The van der Waals surface area contributed by atoms with Gasteiger partial charge in [-0.25, -0.2) is 9.97 Å². The van der Waals surface area contributed by atoms with Gasteiger partial charge in [-0.1, -0.05) is 18.2 Å². The first-order valence-electron chi connectivity index (χ1n) is 10.3. The van der Waals surface area contributed by atoms with Crippen molar-refractivity contribution in [2.45, 2.75) is 6.18 Å². The van der Waals surface area contributed by atoms with E-state index in [2.05, 4.69) is 25.2 Å². The Morgan fingerprint density at radius 2 is 1.70 bits per heavy atom. The van der Waals surface area contributed by atoms with Crippen molar-refractivity contribution in [2.24, 2.45) is 0 Å². The number of alkyl halides is 3. The predicted molar refractivity (Wildman–Crippen MR) is 115 cm³/mol. The smallest absolute Gasteiger partial charge is 0.361 e. The molecule has 1 saturated heterocycles. The fraction of sp³-hybridized carbons (Fsp3) is 0.273. The van der Waals surface area contributed by atoms with Crippen molar-refractivity contribution >= 4 is 39.8 Å². The maximum atomic E-state index is 13.9. The monoisotopic (exact) mass is 456 g/mol. The number of anilines is 1. The number of rotatable bonds is 3. The molecule has 170 valence electrons. The van der Waals surface area contributed by atoms with Crippen LogP contribution in [0.15, 0.2) is 36.7 Å². The molecule has 5 rings (SSSR count). The van der Waals surface area contributed by atoms with Gasteiger partial charge in [0.05, 0.1) is 16.8 Å². The number of halogens is 3. The molecule has 2 amide bonds. The molecule has 0 saturated carbocycles. The minimum Gasteiger partial charge on any atom is -0.361 e. The number of piperazine rings is 1. The number of carbonyl (C=O) groups excluding carboxylic acids is 2. The summed E-state index contributed by atoms with van der Waals surface area (Å²) < 4.78 is 41.8. The number of hydrogen-bond acceptors (Lipinski definition) is 6. The van der Waals surface area contributed by atoms with E-state index < -0.39 is 34.8 Å². The SMILES string of the molecule is CN1CCN(c2ncc(C(F)(F)F)c(C3=C(c4c[nH]c5ccccc45)C(=O)NC3=O)n2)CC1. The maximum Gasteiger partial charge on any atom is 0.420 e. The molecule has 4 heterocycles. The van der Waals surface area contributed by atoms with Crippen molar-refractivity contribution in [3.05, 3.63) is 53.5 Å². The number of nitrogens with one attached hydrogen (secondary N) is 2. The molecule has 2 aromatic heterocycles. The van der Waals surface area contributed by atoms with Crippen molar-refractivity contribution in [2.75, 3.05) is 38.1 Å². The molecule has 8 nitrogen and oxygen atoms in total. The molecular formula is C22H19F3N6O2. The van der Waals surface area contributed by atoms with E-state index in [9.17, 15) is 22.8 Å². The summed E-state index contributed by atoms with van der Waals surface area (Å²) in [5.41, 5.74) is -1.31.